The Morgan fingerprint density at radius 2 is 1.77 bits per heavy atom. The summed E-state index contributed by atoms with van der Waals surface area (Å²) >= 11 is 0. The third-order valence-corrected chi connectivity index (χ3v) is 6.40. The third kappa shape index (κ3) is 6.83. The zero-order valence-electron chi connectivity index (χ0n) is 17.8. The molecule has 8 heteroatoms. The molecule has 0 heterocycles. The van der Waals surface area contributed by atoms with Gasteiger partial charge in [0.15, 0.2) is 0 Å². The van der Waals surface area contributed by atoms with E-state index in [2.05, 4.69) is 28.8 Å². The summed E-state index contributed by atoms with van der Waals surface area (Å²) in [5, 5.41) is 2.94. The van der Waals surface area contributed by atoms with Crippen LogP contribution in [0.3, 0.4) is 0 Å². The van der Waals surface area contributed by atoms with Crippen molar-refractivity contribution in [3.8, 4) is 5.75 Å². The molecule has 1 atom stereocenters. The SMILES string of the molecule is CCN(CC)C(CNC(=O)CCNS(=O)(=O)c1ccccc1)c1cccc(OC)c1. The van der Waals surface area contributed by atoms with Gasteiger partial charge in [0, 0.05) is 19.5 Å². The molecule has 1 amide bonds. The van der Waals surface area contributed by atoms with Crippen LogP contribution in [0.1, 0.15) is 31.9 Å². The molecule has 2 N–H and O–H groups in total. The summed E-state index contributed by atoms with van der Waals surface area (Å²) in [5.74, 6) is 0.567. The molecular formula is C22H31N3O4S. The fourth-order valence-electron chi connectivity index (χ4n) is 3.25. The number of benzene rings is 2. The number of amides is 1. The summed E-state index contributed by atoms with van der Waals surface area (Å²) in [6.45, 7) is 6.31. The summed E-state index contributed by atoms with van der Waals surface area (Å²) in [6.07, 6.45) is 0.0646. The predicted molar refractivity (Wildman–Crippen MR) is 118 cm³/mol. The van der Waals surface area contributed by atoms with Crippen LogP contribution >= 0.6 is 0 Å². The van der Waals surface area contributed by atoms with Gasteiger partial charge in [0.1, 0.15) is 5.75 Å². The molecule has 0 aliphatic heterocycles. The Hall–Kier alpha value is -2.42. The number of nitrogens with one attached hydrogen (secondary N) is 2. The van der Waals surface area contributed by atoms with Gasteiger partial charge in [0.25, 0.3) is 0 Å². The van der Waals surface area contributed by atoms with E-state index in [9.17, 15) is 13.2 Å². The first kappa shape index (κ1) is 23.9. The fourth-order valence-corrected chi connectivity index (χ4v) is 4.30. The van der Waals surface area contributed by atoms with Gasteiger partial charge in [0.05, 0.1) is 18.0 Å². The molecule has 2 aromatic carbocycles. The van der Waals surface area contributed by atoms with Crippen LogP contribution in [-0.4, -0.2) is 52.5 Å². The summed E-state index contributed by atoms with van der Waals surface area (Å²) in [4.78, 5) is 14.8. The van der Waals surface area contributed by atoms with E-state index in [1.54, 1.807) is 25.3 Å². The number of rotatable bonds is 12. The Balaban J connectivity index is 1.93. The molecule has 0 spiro atoms. The van der Waals surface area contributed by atoms with Crippen molar-refractivity contribution in [1.82, 2.24) is 14.9 Å². The lowest BCUT2D eigenvalue weighted by Gasteiger charge is -2.30. The average Bonchev–Trinajstić information content (AvgIpc) is 2.77. The van der Waals surface area contributed by atoms with E-state index >= 15 is 0 Å². The second-order valence-electron chi connectivity index (χ2n) is 6.78. The molecular weight excluding hydrogens is 402 g/mol. The van der Waals surface area contributed by atoms with Gasteiger partial charge in [-0.1, -0.05) is 44.2 Å². The van der Waals surface area contributed by atoms with Gasteiger partial charge in [-0.15, -0.1) is 0 Å². The standard InChI is InChI=1S/C22H31N3O4S/c1-4-25(5-2)21(18-10-9-11-19(16-18)29-3)17-23-22(26)14-15-24-30(27,28)20-12-7-6-8-13-20/h6-13,16,21,24H,4-5,14-15,17H2,1-3H3,(H,23,26). The maximum absolute atomic E-state index is 12.3. The minimum Gasteiger partial charge on any atom is -0.497 e. The monoisotopic (exact) mass is 433 g/mol. The first-order chi connectivity index (χ1) is 14.4. The van der Waals surface area contributed by atoms with Gasteiger partial charge in [-0.2, -0.15) is 0 Å². The van der Waals surface area contributed by atoms with Crippen molar-refractivity contribution < 1.29 is 17.9 Å². The number of nitrogens with zero attached hydrogens (tertiary/aromatic N) is 1. The quantitative estimate of drug-likeness (QED) is 0.537. The molecule has 0 aliphatic rings. The normalized spacial score (nSPS) is 12.5. The number of likely N-dealkylation sites (N-methyl/N-ethyl adjacent to an activating group) is 1. The maximum Gasteiger partial charge on any atom is 0.240 e. The van der Waals surface area contributed by atoms with Crippen molar-refractivity contribution in [3.63, 3.8) is 0 Å². The topological polar surface area (TPSA) is 87.7 Å². The van der Waals surface area contributed by atoms with Crippen molar-refractivity contribution in [2.75, 3.05) is 33.3 Å². The van der Waals surface area contributed by atoms with E-state index < -0.39 is 10.0 Å². The van der Waals surface area contributed by atoms with Crippen molar-refractivity contribution >= 4 is 15.9 Å². The van der Waals surface area contributed by atoms with Crippen molar-refractivity contribution in [1.29, 1.82) is 0 Å². The number of sulfonamides is 1. The molecule has 2 aromatic rings. The van der Waals surface area contributed by atoms with Crippen LogP contribution < -0.4 is 14.8 Å². The lowest BCUT2D eigenvalue weighted by Crippen LogP contribution is -2.39. The largest absolute Gasteiger partial charge is 0.497 e. The van der Waals surface area contributed by atoms with Gasteiger partial charge in [-0.3, -0.25) is 9.69 Å². The second kappa shape index (κ2) is 11.7. The first-order valence-electron chi connectivity index (χ1n) is 10.1. The summed E-state index contributed by atoms with van der Waals surface area (Å²) < 4.78 is 32.3. The Kier molecular flexibility index (Phi) is 9.29. The van der Waals surface area contributed by atoms with Crippen LogP contribution in [-0.2, 0) is 14.8 Å². The van der Waals surface area contributed by atoms with E-state index in [1.165, 1.54) is 12.1 Å². The zero-order valence-corrected chi connectivity index (χ0v) is 18.6. The van der Waals surface area contributed by atoms with Crippen LogP contribution in [0.4, 0.5) is 0 Å². The van der Waals surface area contributed by atoms with E-state index in [0.29, 0.717) is 6.54 Å². The predicted octanol–water partition coefficient (Wildman–Crippen LogP) is 2.56. The Morgan fingerprint density at radius 3 is 2.40 bits per heavy atom. The van der Waals surface area contributed by atoms with E-state index in [4.69, 9.17) is 4.74 Å². The second-order valence-corrected chi connectivity index (χ2v) is 8.55. The summed E-state index contributed by atoms with van der Waals surface area (Å²) in [7, 11) is -1.98. The number of hydrogen-bond donors (Lipinski definition) is 2. The molecule has 0 saturated heterocycles. The smallest absolute Gasteiger partial charge is 0.240 e. The van der Waals surface area contributed by atoms with Crippen molar-refractivity contribution in [2.45, 2.75) is 31.2 Å². The van der Waals surface area contributed by atoms with Gasteiger partial charge in [-0.25, -0.2) is 13.1 Å². The number of hydrogen-bond acceptors (Lipinski definition) is 5. The Morgan fingerprint density at radius 1 is 1.07 bits per heavy atom. The molecule has 0 radical (unpaired) electrons. The molecule has 164 valence electrons. The molecule has 0 saturated carbocycles. The summed E-state index contributed by atoms with van der Waals surface area (Å²) in [5.41, 5.74) is 1.06. The van der Waals surface area contributed by atoms with Crippen LogP contribution in [0.5, 0.6) is 5.75 Å². The fraction of sp³-hybridized carbons (Fsp3) is 0.409. The van der Waals surface area contributed by atoms with E-state index in [0.717, 1.165) is 24.4 Å². The number of carbonyl (C=O) groups excluding carboxylic acids is 1. The lowest BCUT2D eigenvalue weighted by molar-refractivity contribution is -0.121. The first-order valence-corrected chi connectivity index (χ1v) is 11.6. The molecule has 0 bridgehead atoms. The molecule has 1 unspecified atom stereocenters. The molecule has 30 heavy (non-hydrogen) atoms. The van der Waals surface area contributed by atoms with Gasteiger partial charge in [0.2, 0.25) is 15.9 Å². The van der Waals surface area contributed by atoms with Crippen LogP contribution in [0, 0.1) is 0 Å². The minimum atomic E-state index is -3.61. The maximum atomic E-state index is 12.3. The minimum absolute atomic E-state index is 0.0000561. The Bertz CT molecular complexity index is 900. The van der Waals surface area contributed by atoms with E-state index in [-0.39, 0.29) is 29.8 Å². The third-order valence-electron chi connectivity index (χ3n) is 4.92. The molecule has 0 aromatic heterocycles. The zero-order chi connectivity index (χ0) is 22.0. The van der Waals surface area contributed by atoms with E-state index in [1.807, 2.05) is 24.3 Å². The number of ether oxygens (including phenoxy) is 1. The lowest BCUT2D eigenvalue weighted by atomic mass is 10.0. The van der Waals surface area contributed by atoms with Gasteiger partial charge < -0.3 is 10.1 Å². The molecule has 7 nitrogen and oxygen atoms in total. The number of carbonyl (C=O) groups is 1. The summed E-state index contributed by atoms with van der Waals surface area (Å²) in [6, 6.07) is 15.9. The van der Waals surface area contributed by atoms with Crippen molar-refractivity contribution in [2.24, 2.45) is 0 Å². The Labute approximate surface area is 179 Å². The van der Waals surface area contributed by atoms with Gasteiger partial charge in [-0.05, 0) is 42.9 Å². The van der Waals surface area contributed by atoms with Crippen molar-refractivity contribution in [3.05, 3.63) is 60.2 Å². The molecule has 0 fully saturated rings. The average molecular weight is 434 g/mol. The van der Waals surface area contributed by atoms with Crippen LogP contribution in [0.15, 0.2) is 59.5 Å². The molecule has 2 rings (SSSR count). The van der Waals surface area contributed by atoms with Gasteiger partial charge >= 0.3 is 0 Å². The highest BCUT2D eigenvalue weighted by Gasteiger charge is 2.20. The number of methoxy groups -OCH3 is 1. The van der Waals surface area contributed by atoms with Crippen LogP contribution in [0.25, 0.3) is 0 Å². The highest BCUT2D eigenvalue weighted by molar-refractivity contribution is 7.89. The molecule has 0 aliphatic carbocycles. The highest BCUT2D eigenvalue weighted by Crippen LogP contribution is 2.23. The van der Waals surface area contributed by atoms with Crippen LogP contribution in [0.2, 0.25) is 0 Å². The highest BCUT2D eigenvalue weighted by atomic mass is 32.2.